The van der Waals surface area contributed by atoms with Crippen LogP contribution in [0.1, 0.15) is 58.3 Å². The van der Waals surface area contributed by atoms with Gasteiger partial charge in [-0.05, 0) is 32.1 Å². The lowest BCUT2D eigenvalue weighted by Crippen LogP contribution is -2.34. The molecule has 170 valence electrons. The molecule has 0 saturated carbocycles. The lowest BCUT2D eigenvalue weighted by atomic mass is 10.1. The molecule has 0 heterocycles. The van der Waals surface area contributed by atoms with Gasteiger partial charge in [0.2, 0.25) is 0 Å². The molecule has 0 unspecified atom stereocenters. The van der Waals surface area contributed by atoms with E-state index in [9.17, 15) is 14.7 Å². The van der Waals surface area contributed by atoms with E-state index >= 15 is 0 Å². The van der Waals surface area contributed by atoms with E-state index in [4.69, 9.17) is 15.9 Å². The van der Waals surface area contributed by atoms with Gasteiger partial charge in [-0.25, -0.2) is 0 Å². The minimum Gasteiger partial charge on any atom is -0.481 e. The van der Waals surface area contributed by atoms with Crippen molar-refractivity contribution in [3.63, 3.8) is 0 Å². The molecule has 0 aliphatic rings. The van der Waals surface area contributed by atoms with Crippen molar-refractivity contribution in [3.8, 4) is 0 Å². The number of aliphatic carboxylic acids is 2. The average molecular weight is 440 g/mol. The first-order chi connectivity index (χ1) is 14.4. The summed E-state index contributed by atoms with van der Waals surface area (Å²) in [5.41, 5.74) is 5.54. The van der Waals surface area contributed by atoms with Gasteiger partial charge in [0.05, 0.1) is 6.10 Å². The van der Waals surface area contributed by atoms with Gasteiger partial charge >= 0.3 is 11.9 Å². The van der Waals surface area contributed by atoms with Crippen LogP contribution in [0.25, 0.3) is 0 Å². The minimum absolute atomic E-state index is 0.00938. The van der Waals surface area contributed by atoms with Crippen LogP contribution < -0.4 is 5.73 Å². The van der Waals surface area contributed by atoms with Gasteiger partial charge in [0.1, 0.15) is 6.04 Å². The second-order valence-corrected chi connectivity index (χ2v) is 8.21. The number of aliphatic hydroxyl groups excluding tert-OH is 1. The molecule has 30 heavy (non-hydrogen) atoms. The number of rotatable bonds is 18. The van der Waals surface area contributed by atoms with Gasteiger partial charge in [0, 0.05) is 17.4 Å². The van der Waals surface area contributed by atoms with Crippen molar-refractivity contribution in [1.82, 2.24) is 0 Å². The molecular weight excluding hydrogens is 402 g/mol. The Morgan fingerprint density at radius 2 is 1.73 bits per heavy atom. The SMILES string of the molecule is CCCCCC=CCC=CC=CC=C[C@@H](SC[C@H](N)C(=O)O)[C@@H](O)CCCC(=O)O. The summed E-state index contributed by atoms with van der Waals surface area (Å²) in [5, 5.41) is 27.6. The van der Waals surface area contributed by atoms with Gasteiger partial charge < -0.3 is 21.1 Å². The predicted octanol–water partition coefficient (Wildman–Crippen LogP) is 4.31. The molecule has 0 spiro atoms. The van der Waals surface area contributed by atoms with Crippen LogP contribution in [0.5, 0.6) is 0 Å². The Kier molecular flexibility index (Phi) is 18.0. The fraction of sp³-hybridized carbons (Fsp3) is 0.565. The quantitative estimate of drug-likeness (QED) is 0.143. The molecule has 0 aromatic rings. The zero-order valence-electron chi connectivity index (χ0n) is 17.9. The zero-order valence-corrected chi connectivity index (χ0v) is 18.7. The van der Waals surface area contributed by atoms with Crippen molar-refractivity contribution >= 4 is 23.7 Å². The Morgan fingerprint density at radius 1 is 1.00 bits per heavy atom. The highest BCUT2D eigenvalue weighted by Crippen LogP contribution is 2.21. The number of aliphatic hydroxyl groups is 1. The van der Waals surface area contributed by atoms with Crippen LogP contribution in [-0.4, -0.2) is 50.4 Å². The van der Waals surface area contributed by atoms with Gasteiger partial charge in [0.15, 0.2) is 0 Å². The number of carbonyl (C=O) groups is 2. The molecular formula is C23H37NO5S. The number of carboxylic acids is 2. The molecule has 0 aromatic carbocycles. The molecule has 0 fully saturated rings. The Hall–Kier alpha value is -1.83. The number of thioether (sulfide) groups is 1. The molecule has 3 atom stereocenters. The van der Waals surface area contributed by atoms with Gasteiger partial charge in [-0.1, -0.05) is 68.4 Å². The third-order valence-electron chi connectivity index (χ3n) is 4.24. The number of hydrogen-bond donors (Lipinski definition) is 4. The van der Waals surface area contributed by atoms with Crippen molar-refractivity contribution in [3.05, 3.63) is 48.6 Å². The summed E-state index contributed by atoms with van der Waals surface area (Å²) in [7, 11) is 0. The second kappa shape index (κ2) is 19.2. The van der Waals surface area contributed by atoms with Crippen LogP contribution >= 0.6 is 11.8 Å². The molecule has 0 amide bonds. The van der Waals surface area contributed by atoms with E-state index in [0.29, 0.717) is 12.8 Å². The topological polar surface area (TPSA) is 121 Å². The molecule has 0 bridgehead atoms. The van der Waals surface area contributed by atoms with Gasteiger partial charge in [-0.15, -0.1) is 11.8 Å². The van der Waals surface area contributed by atoms with E-state index in [0.717, 1.165) is 12.8 Å². The van der Waals surface area contributed by atoms with Crippen molar-refractivity contribution < 1.29 is 24.9 Å². The molecule has 0 aliphatic heterocycles. The minimum atomic E-state index is -1.09. The number of nitrogens with two attached hydrogens (primary N) is 1. The van der Waals surface area contributed by atoms with E-state index in [2.05, 4.69) is 25.2 Å². The summed E-state index contributed by atoms with van der Waals surface area (Å²) < 4.78 is 0. The summed E-state index contributed by atoms with van der Waals surface area (Å²) in [6, 6.07) is -1.01. The molecule has 0 aromatic heterocycles. The third-order valence-corrected chi connectivity index (χ3v) is 5.65. The summed E-state index contributed by atoms with van der Waals surface area (Å²) in [5.74, 6) is -1.83. The van der Waals surface area contributed by atoms with Crippen LogP contribution in [-0.2, 0) is 9.59 Å². The highest BCUT2D eigenvalue weighted by Gasteiger charge is 2.20. The van der Waals surface area contributed by atoms with Crippen molar-refractivity contribution in [2.24, 2.45) is 5.73 Å². The summed E-state index contributed by atoms with van der Waals surface area (Å²) in [6.07, 6.45) is 21.3. The maximum absolute atomic E-state index is 10.9. The third kappa shape index (κ3) is 17.1. The van der Waals surface area contributed by atoms with Crippen molar-refractivity contribution in [2.45, 2.75) is 75.7 Å². The number of hydrogen-bond acceptors (Lipinski definition) is 5. The fourth-order valence-electron chi connectivity index (χ4n) is 2.47. The van der Waals surface area contributed by atoms with Gasteiger partial charge in [-0.3, -0.25) is 9.59 Å². The number of unbranched alkanes of at least 4 members (excludes halogenated alkanes) is 3. The predicted molar refractivity (Wildman–Crippen MR) is 125 cm³/mol. The van der Waals surface area contributed by atoms with Crippen LogP contribution in [0.2, 0.25) is 0 Å². The van der Waals surface area contributed by atoms with E-state index in [-0.39, 0.29) is 17.4 Å². The first kappa shape index (κ1) is 28.2. The van der Waals surface area contributed by atoms with E-state index < -0.39 is 24.1 Å². The monoisotopic (exact) mass is 439 g/mol. The normalized spacial score (nSPS) is 15.4. The highest BCUT2D eigenvalue weighted by atomic mass is 32.2. The van der Waals surface area contributed by atoms with Crippen LogP contribution in [0.4, 0.5) is 0 Å². The van der Waals surface area contributed by atoms with E-state index in [1.807, 2.05) is 18.2 Å². The fourth-order valence-corrected chi connectivity index (χ4v) is 3.60. The summed E-state index contributed by atoms with van der Waals surface area (Å²) in [6.45, 7) is 2.19. The standard InChI is InChI=1S/C23H37NO5S/c1-2-3-4-5-6-7-8-9-10-11-12-13-16-21(30-18-19(24)23(28)29)20(25)15-14-17-22(26)27/h6-7,9-13,16,19-21,25H,2-5,8,14-15,17-18,24H2,1H3,(H,26,27)(H,28,29)/t19-,20-,21+/m0/s1. The number of carboxylic acid groups (broad SMARTS) is 2. The Morgan fingerprint density at radius 3 is 2.40 bits per heavy atom. The largest absolute Gasteiger partial charge is 0.481 e. The van der Waals surface area contributed by atoms with Crippen LogP contribution in [0.3, 0.4) is 0 Å². The van der Waals surface area contributed by atoms with E-state index in [1.165, 1.54) is 31.0 Å². The molecule has 6 nitrogen and oxygen atoms in total. The molecule has 0 radical (unpaired) electrons. The van der Waals surface area contributed by atoms with Gasteiger partial charge in [-0.2, -0.15) is 0 Å². The smallest absolute Gasteiger partial charge is 0.321 e. The Balaban J connectivity index is 4.51. The Labute approximate surface area is 184 Å². The van der Waals surface area contributed by atoms with Crippen molar-refractivity contribution in [2.75, 3.05) is 5.75 Å². The van der Waals surface area contributed by atoms with Crippen molar-refractivity contribution in [1.29, 1.82) is 0 Å². The molecule has 7 heteroatoms. The van der Waals surface area contributed by atoms with Gasteiger partial charge in [0.25, 0.3) is 0 Å². The molecule has 5 N–H and O–H groups in total. The lowest BCUT2D eigenvalue weighted by Gasteiger charge is -2.20. The maximum Gasteiger partial charge on any atom is 0.321 e. The number of allylic oxidation sites excluding steroid dienone is 7. The molecule has 0 aliphatic carbocycles. The highest BCUT2D eigenvalue weighted by molar-refractivity contribution is 8.00. The second-order valence-electron chi connectivity index (χ2n) is 7.00. The summed E-state index contributed by atoms with van der Waals surface area (Å²) >= 11 is 1.26. The van der Waals surface area contributed by atoms with E-state index in [1.54, 1.807) is 12.2 Å². The molecule has 0 saturated heterocycles. The summed E-state index contributed by atoms with van der Waals surface area (Å²) in [4.78, 5) is 21.5. The molecule has 0 rings (SSSR count). The first-order valence-electron chi connectivity index (χ1n) is 10.5. The zero-order chi connectivity index (χ0) is 22.6. The van der Waals surface area contributed by atoms with Crippen LogP contribution in [0, 0.1) is 0 Å². The maximum atomic E-state index is 10.9. The average Bonchev–Trinajstić information content (AvgIpc) is 2.70. The Bertz CT molecular complexity index is 586. The van der Waals surface area contributed by atoms with Crippen LogP contribution in [0.15, 0.2) is 48.6 Å². The lowest BCUT2D eigenvalue weighted by molar-refractivity contribution is -0.138. The first-order valence-corrected chi connectivity index (χ1v) is 11.6.